The lowest BCUT2D eigenvalue weighted by Crippen LogP contribution is -2.27. The molecule has 1 aliphatic heterocycles. The van der Waals surface area contributed by atoms with E-state index in [1.807, 2.05) is 28.9 Å². The van der Waals surface area contributed by atoms with E-state index in [1.54, 1.807) is 6.20 Å². The maximum Gasteiger partial charge on any atom is 0.229 e. The Balaban J connectivity index is 1.53. The van der Waals surface area contributed by atoms with Gasteiger partial charge in [-0.2, -0.15) is 5.10 Å². The van der Waals surface area contributed by atoms with Crippen molar-refractivity contribution in [2.24, 2.45) is 5.92 Å². The van der Waals surface area contributed by atoms with Crippen molar-refractivity contribution < 1.29 is 9.53 Å². The minimum atomic E-state index is -0.0332. The molecule has 2 heterocycles. The highest BCUT2D eigenvalue weighted by atomic mass is 16.5. The van der Waals surface area contributed by atoms with E-state index in [1.165, 1.54) is 5.56 Å². The zero-order valence-electron chi connectivity index (χ0n) is 13.3. The van der Waals surface area contributed by atoms with Crippen LogP contribution < -0.4 is 10.1 Å². The van der Waals surface area contributed by atoms with Crippen LogP contribution in [-0.4, -0.2) is 22.3 Å². The predicted octanol–water partition coefficient (Wildman–Crippen LogP) is 2.97. The molecule has 0 bridgehead atoms. The lowest BCUT2D eigenvalue weighted by Gasteiger charge is -2.26. The van der Waals surface area contributed by atoms with Crippen LogP contribution in [0.25, 0.3) is 0 Å². The number of anilines is 1. The highest BCUT2D eigenvalue weighted by Crippen LogP contribution is 2.60. The number of hydrogen-bond donors (Lipinski definition) is 1. The SMILES string of the molecule is CCCn1nccc1NC(=O)[C@H]1C[C@]12CCOc1ccccc12. The highest BCUT2D eigenvalue weighted by Gasteiger charge is 2.61. The Bertz CT molecular complexity index is 739. The van der Waals surface area contributed by atoms with Crippen LogP contribution in [0.1, 0.15) is 31.7 Å². The number of ether oxygens (including phenoxy) is 1. The molecule has 2 aliphatic rings. The predicted molar refractivity (Wildman–Crippen MR) is 87.5 cm³/mol. The van der Waals surface area contributed by atoms with E-state index in [2.05, 4.69) is 23.4 Å². The number of hydrogen-bond acceptors (Lipinski definition) is 3. The van der Waals surface area contributed by atoms with Gasteiger partial charge in [0.15, 0.2) is 0 Å². The van der Waals surface area contributed by atoms with E-state index in [4.69, 9.17) is 4.74 Å². The molecule has 4 rings (SSSR count). The van der Waals surface area contributed by atoms with Gasteiger partial charge in [-0.25, -0.2) is 4.68 Å². The molecule has 1 aromatic heterocycles. The summed E-state index contributed by atoms with van der Waals surface area (Å²) >= 11 is 0. The highest BCUT2D eigenvalue weighted by molar-refractivity contribution is 5.95. The molecule has 2 atom stereocenters. The summed E-state index contributed by atoms with van der Waals surface area (Å²) in [5, 5.41) is 7.32. The molecule has 0 saturated heterocycles. The molecule has 5 heteroatoms. The summed E-state index contributed by atoms with van der Waals surface area (Å²) in [6.07, 6.45) is 4.54. The maximum absolute atomic E-state index is 12.7. The Hall–Kier alpha value is -2.30. The van der Waals surface area contributed by atoms with Crippen molar-refractivity contribution in [1.82, 2.24) is 9.78 Å². The van der Waals surface area contributed by atoms with Gasteiger partial charge in [0.2, 0.25) is 5.91 Å². The summed E-state index contributed by atoms with van der Waals surface area (Å²) in [5.74, 6) is 1.85. The second kappa shape index (κ2) is 5.41. The fourth-order valence-corrected chi connectivity index (χ4v) is 3.75. The molecule has 120 valence electrons. The second-order valence-corrected chi connectivity index (χ2v) is 6.44. The van der Waals surface area contributed by atoms with Crippen molar-refractivity contribution in [2.75, 3.05) is 11.9 Å². The van der Waals surface area contributed by atoms with Crippen LogP contribution in [0.15, 0.2) is 36.5 Å². The fraction of sp³-hybridized carbons (Fsp3) is 0.444. The van der Waals surface area contributed by atoms with Crippen LogP contribution in [0, 0.1) is 5.92 Å². The first kappa shape index (κ1) is 14.3. The average molecular weight is 311 g/mol. The van der Waals surface area contributed by atoms with Gasteiger partial charge in [-0.3, -0.25) is 4.79 Å². The molecule has 0 unspecified atom stereocenters. The Morgan fingerprint density at radius 2 is 2.30 bits per heavy atom. The van der Waals surface area contributed by atoms with Gasteiger partial charge < -0.3 is 10.1 Å². The van der Waals surface area contributed by atoms with Gasteiger partial charge in [0, 0.05) is 29.5 Å². The number of benzene rings is 1. The molecule has 1 fully saturated rings. The molecule has 1 aliphatic carbocycles. The average Bonchev–Trinajstić information content (AvgIpc) is 3.12. The normalized spacial score (nSPS) is 24.8. The molecule has 1 amide bonds. The molecule has 0 radical (unpaired) electrons. The number of fused-ring (bicyclic) bond motifs is 2. The minimum Gasteiger partial charge on any atom is -0.493 e. The molecule has 1 spiro atoms. The van der Waals surface area contributed by atoms with Crippen LogP contribution in [0.4, 0.5) is 5.82 Å². The summed E-state index contributed by atoms with van der Waals surface area (Å²) in [6, 6.07) is 9.97. The summed E-state index contributed by atoms with van der Waals surface area (Å²) < 4.78 is 7.59. The van der Waals surface area contributed by atoms with Gasteiger partial charge in [-0.15, -0.1) is 0 Å². The Morgan fingerprint density at radius 3 is 3.17 bits per heavy atom. The van der Waals surface area contributed by atoms with Gasteiger partial charge in [-0.1, -0.05) is 25.1 Å². The Morgan fingerprint density at radius 1 is 1.43 bits per heavy atom. The van der Waals surface area contributed by atoms with Gasteiger partial charge >= 0.3 is 0 Å². The quantitative estimate of drug-likeness (QED) is 0.944. The van der Waals surface area contributed by atoms with Gasteiger partial charge in [0.25, 0.3) is 0 Å². The van der Waals surface area contributed by atoms with Crippen LogP contribution in [0.2, 0.25) is 0 Å². The summed E-state index contributed by atoms with van der Waals surface area (Å²) in [4.78, 5) is 12.7. The zero-order chi connectivity index (χ0) is 15.9. The topological polar surface area (TPSA) is 56.2 Å². The number of nitrogens with one attached hydrogen (secondary N) is 1. The summed E-state index contributed by atoms with van der Waals surface area (Å²) in [6.45, 7) is 3.60. The Labute approximate surface area is 135 Å². The molecule has 5 nitrogen and oxygen atoms in total. The summed E-state index contributed by atoms with van der Waals surface area (Å²) in [7, 11) is 0. The third-order valence-electron chi connectivity index (χ3n) is 5.02. The van der Waals surface area contributed by atoms with Crippen molar-refractivity contribution in [3.63, 3.8) is 0 Å². The smallest absolute Gasteiger partial charge is 0.229 e. The first-order chi connectivity index (χ1) is 11.2. The molecule has 2 aromatic rings. The first-order valence-corrected chi connectivity index (χ1v) is 8.29. The van der Waals surface area contributed by atoms with Crippen molar-refractivity contribution in [1.29, 1.82) is 0 Å². The number of rotatable bonds is 4. The third kappa shape index (κ3) is 2.31. The van der Waals surface area contributed by atoms with Gasteiger partial charge in [0.1, 0.15) is 11.6 Å². The molecular formula is C18H21N3O2. The van der Waals surface area contributed by atoms with Crippen LogP contribution in [0.5, 0.6) is 5.75 Å². The Kier molecular flexibility index (Phi) is 3.36. The number of aromatic nitrogens is 2. The lowest BCUT2D eigenvalue weighted by atomic mass is 9.87. The number of carbonyl (C=O) groups is 1. The van der Waals surface area contributed by atoms with E-state index in [0.717, 1.165) is 37.4 Å². The largest absolute Gasteiger partial charge is 0.493 e. The molecule has 23 heavy (non-hydrogen) atoms. The summed E-state index contributed by atoms with van der Waals surface area (Å²) in [5.41, 5.74) is 1.16. The van der Waals surface area contributed by atoms with E-state index in [-0.39, 0.29) is 17.2 Å². The van der Waals surface area contributed by atoms with E-state index in [0.29, 0.717) is 6.61 Å². The number of nitrogens with zero attached hydrogens (tertiary/aromatic N) is 2. The third-order valence-corrected chi connectivity index (χ3v) is 5.02. The van der Waals surface area contributed by atoms with Crippen LogP contribution in [0.3, 0.4) is 0 Å². The van der Waals surface area contributed by atoms with Crippen LogP contribution >= 0.6 is 0 Å². The van der Waals surface area contributed by atoms with E-state index >= 15 is 0 Å². The zero-order valence-corrected chi connectivity index (χ0v) is 13.3. The van der Waals surface area contributed by atoms with Crippen molar-refractivity contribution >= 4 is 11.7 Å². The lowest BCUT2D eigenvalue weighted by molar-refractivity contribution is -0.117. The van der Waals surface area contributed by atoms with Crippen molar-refractivity contribution in [2.45, 2.75) is 38.1 Å². The molecule has 1 N–H and O–H groups in total. The van der Waals surface area contributed by atoms with Crippen LogP contribution in [-0.2, 0) is 16.8 Å². The van der Waals surface area contributed by atoms with E-state index in [9.17, 15) is 4.79 Å². The molecular weight excluding hydrogens is 290 g/mol. The minimum absolute atomic E-state index is 0.0255. The number of carbonyl (C=O) groups excluding carboxylic acids is 1. The maximum atomic E-state index is 12.7. The van der Waals surface area contributed by atoms with Gasteiger partial charge in [0.05, 0.1) is 12.8 Å². The van der Waals surface area contributed by atoms with Crippen molar-refractivity contribution in [3.8, 4) is 5.75 Å². The molecule has 1 saturated carbocycles. The molecule has 1 aromatic carbocycles. The standard InChI is InChI=1S/C18H21N3O2/c1-2-10-21-16(7-9-19-21)20-17(22)14-12-18(14)8-11-23-15-6-4-3-5-13(15)18/h3-7,9,14H,2,8,10-12H2,1H3,(H,20,22)/t14-,18+/m1/s1. The monoisotopic (exact) mass is 311 g/mol. The fourth-order valence-electron chi connectivity index (χ4n) is 3.75. The van der Waals surface area contributed by atoms with Gasteiger partial charge in [-0.05, 0) is 25.3 Å². The second-order valence-electron chi connectivity index (χ2n) is 6.44. The number of amides is 1. The van der Waals surface area contributed by atoms with Crippen molar-refractivity contribution in [3.05, 3.63) is 42.1 Å². The first-order valence-electron chi connectivity index (χ1n) is 8.29. The number of para-hydroxylation sites is 1. The van der Waals surface area contributed by atoms with E-state index < -0.39 is 0 Å². The number of aryl methyl sites for hydroxylation is 1.